The predicted molar refractivity (Wildman–Crippen MR) is 88.1 cm³/mol. The molecule has 1 aromatic heterocycles. The van der Waals surface area contributed by atoms with E-state index in [1.54, 1.807) is 25.4 Å². The SMILES string of the molecule is CCOC(=O)[C@@H]1C(=O)NC(N2CCCCC2)=N[C@@H]1c1cccnc1. The summed E-state index contributed by atoms with van der Waals surface area (Å²) in [5.41, 5.74) is 0.736. The zero-order valence-electron chi connectivity index (χ0n) is 13.8. The van der Waals surface area contributed by atoms with Crippen molar-refractivity contribution in [3.8, 4) is 0 Å². The van der Waals surface area contributed by atoms with Crippen molar-refractivity contribution in [2.75, 3.05) is 19.7 Å². The van der Waals surface area contributed by atoms with Gasteiger partial charge in [0.05, 0.1) is 6.61 Å². The zero-order chi connectivity index (χ0) is 16.9. The fourth-order valence-electron chi connectivity index (χ4n) is 3.12. The molecule has 7 heteroatoms. The molecule has 1 N–H and O–H groups in total. The maximum atomic E-state index is 12.6. The summed E-state index contributed by atoms with van der Waals surface area (Å²) in [6, 6.07) is 3.00. The topological polar surface area (TPSA) is 83.9 Å². The van der Waals surface area contributed by atoms with Gasteiger partial charge in [-0.25, -0.2) is 4.99 Å². The predicted octanol–water partition coefficient (Wildman–Crippen LogP) is 1.27. The van der Waals surface area contributed by atoms with Crippen molar-refractivity contribution in [1.29, 1.82) is 0 Å². The van der Waals surface area contributed by atoms with E-state index in [0.717, 1.165) is 31.5 Å². The van der Waals surface area contributed by atoms with E-state index < -0.39 is 17.9 Å². The van der Waals surface area contributed by atoms with Gasteiger partial charge in [-0.3, -0.25) is 19.9 Å². The largest absolute Gasteiger partial charge is 0.465 e. The number of nitrogens with zero attached hydrogens (tertiary/aromatic N) is 3. The first kappa shape index (κ1) is 16.4. The molecule has 0 spiro atoms. The lowest BCUT2D eigenvalue weighted by molar-refractivity contribution is -0.153. The molecule has 128 valence electrons. The summed E-state index contributed by atoms with van der Waals surface area (Å²) in [7, 11) is 0. The maximum Gasteiger partial charge on any atom is 0.321 e. The van der Waals surface area contributed by atoms with E-state index in [1.165, 1.54) is 6.42 Å². The minimum atomic E-state index is -0.984. The van der Waals surface area contributed by atoms with Crippen LogP contribution in [-0.2, 0) is 14.3 Å². The molecule has 3 heterocycles. The van der Waals surface area contributed by atoms with E-state index in [1.807, 2.05) is 6.07 Å². The Morgan fingerprint density at radius 3 is 2.83 bits per heavy atom. The van der Waals surface area contributed by atoms with Crippen LogP contribution in [0, 0.1) is 5.92 Å². The average Bonchev–Trinajstić information content (AvgIpc) is 2.62. The number of likely N-dealkylation sites (tertiary alicyclic amines) is 1. The first-order valence-electron chi connectivity index (χ1n) is 8.41. The third-order valence-electron chi connectivity index (χ3n) is 4.32. The molecule has 0 bridgehead atoms. The number of guanidine groups is 1. The first-order chi connectivity index (χ1) is 11.7. The second kappa shape index (κ2) is 7.42. The van der Waals surface area contributed by atoms with Gasteiger partial charge in [-0.2, -0.15) is 0 Å². The molecule has 1 fully saturated rings. The monoisotopic (exact) mass is 330 g/mol. The van der Waals surface area contributed by atoms with Crippen LogP contribution in [0.4, 0.5) is 0 Å². The average molecular weight is 330 g/mol. The van der Waals surface area contributed by atoms with Crippen molar-refractivity contribution in [2.24, 2.45) is 10.9 Å². The number of amides is 1. The van der Waals surface area contributed by atoms with Gasteiger partial charge in [-0.15, -0.1) is 0 Å². The molecule has 3 rings (SSSR count). The highest BCUT2D eigenvalue weighted by Gasteiger charge is 2.42. The van der Waals surface area contributed by atoms with E-state index in [9.17, 15) is 9.59 Å². The van der Waals surface area contributed by atoms with Crippen LogP contribution in [0.25, 0.3) is 0 Å². The van der Waals surface area contributed by atoms with Gasteiger partial charge in [0.15, 0.2) is 5.92 Å². The van der Waals surface area contributed by atoms with Crippen molar-refractivity contribution in [3.05, 3.63) is 30.1 Å². The fraction of sp³-hybridized carbons (Fsp3) is 0.529. The van der Waals surface area contributed by atoms with Crippen molar-refractivity contribution in [1.82, 2.24) is 15.2 Å². The van der Waals surface area contributed by atoms with Gasteiger partial charge in [0.2, 0.25) is 11.9 Å². The zero-order valence-corrected chi connectivity index (χ0v) is 13.8. The van der Waals surface area contributed by atoms with Crippen molar-refractivity contribution in [2.45, 2.75) is 32.2 Å². The summed E-state index contributed by atoms with van der Waals surface area (Å²) in [6.07, 6.45) is 6.64. The highest BCUT2D eigenvalue weighted by molar-refractivity contribution is 6.08. The number of nitrogens with one attached hydrogen (secondary N) is 1. The number of ether oxygens (including phenoxy) is 1. The van der Waals surface area contributed by atoms with Crippen molar-refractivity contribution < 1.29 is 14.3 Å². The molecule has 0 unspecified atom stereocenters. The number of hydrogen-bond acceptors (Lipinski definition) is 6. The third-order valence-corrected chi connectivity index (χ3v) is 4.32. The Hall–Kier alpha value is -2.44. The summed E-state index contributed by atoms with van der Waals surface area (Å²) < 4.78 is 5.08. The minimum absolute atomic E-state index is 0.227. The minimum Gasteiger partial charge on any atom is -0.465 e. The van der Waals surface area contributed by atoms with E-state index in [-0.39, 0.29) is 12.5 Å². The number of hydrogen-bond donors (Lipinski definition) is 1. The Morgan fingerprint density at radius 1 is 1.38 bits per heavy atom. The molecule has 1 aromatic rings. The van der Waals surface area contributed by atoms with Gasteiger partial charge in [0, 0.05) is 25.5 Å². The number of aliphatic imine (C=N–C) groups is 1. The van der Waals surface area contributed by atoms with Crippen LogP contribution in [0.1, 0.15) is 37.8 Å². The highest BCUT2D eigenvalue weighted by atomic mass is 16.5. The fourth-order valence-corrected chi connectivity index (χ4v) is 3.12. The normalized spacial score (nSPS) is 24.1. The number of carbonyl (C=O) groups excluding carboxylic acids is 2. The Bertz CT molecular complexity index is 626. The van der Waals surface area contributed by atoms with Crippen LogP contribution in [0.15, 0.2) is 29.5 Å². The van der Waals surface area contributed by atoms with Gasteiger partial charge < -0.3 is 9.64 Å². The second-order valence-corrected chi connectivity index (χ2v) is 5.95. The number of piperidine rings is 1. The third kappa shape index (κ3) is 3.39. The molecule has 1 saturated heterocycles. The van der Waals surface area contributed by atoms with E-state index in [4.69, 9.17) is 4.74 Å². The molecule has 0 radical (unpaired) electrons. The number of rotatable bonds is 3. The number of pyridine rings is 1. The number of carbonyl (C=O) groups is 2. The molecule has 7 nitrogen and oxygen atoms in total. The van der Waals surface area contributed by atoms with Crippen LogP contribution < -0.4 is 5.32 Å². The maximum absolute atomic E-state index is 12.6. The summed E-state index contributed by atoms with van der Waals surface area (Å²) in [5.74, 6) is -1.35. The summed E-state index contributed by atoms with van der Waals surface area (Å²) in [5, 5.41) is 2.79. The Kier molecular flexibility index (Phi) is 5.08. The smallest absolute Gasteiger partial charge is 0.321 e. The van der Waals surface area contributed by atoms with Crippen molar-refractivity contribution in [3.63, 3.8) is 0 Å². The molecule has 24 heavy (non-hydrogen) atoms. The molecule has 2 aliphatic rings. The molecular formula is C17H22N4O3. The van der Waals surface area contributed by atoms with Crippen LogP contribution >= 0.6 is 0 Å². The summed E-state index contributed by atoms with van der Waals surface area (Å²) >= 11 is 0. The molecule has 0 aromatic carbocycles. The molecule has 0 aliphatic carbocycles. The van der Waals surface area contributed by atoms with Crippen molar-refractivity contribution >= 4 is 17.8 Å². The lowest BCUT2D eigenvalue weighted by Gasteiger charge is -2.35. The Morgan fingerprint density at radius 2 is 2.17 bits per heavy atom. The summed E-state index contributed by atoms with van der Waals surface area (Å²) in [4.78, 5) is 35.7. The van der Waals surface area contributed by atoms with E-state index in [2.05, 4.69) is 20.2 Å². The highest BCUT2D eigenvalue weighted by Crippen LogP contribution is 2.30. The second-order valence-electron chi connectivity index (χ2n) is 5.95. The molecule has 0 saturated carbocycles. The summed E-state index contributed by atoms with van der Waals surface area (Å²) in [6.45, 7) is 3.68. The number of esters is 1. The van der Waals surface area contributed by atoms with Crippen LogP contribution in [0.2, 0.25) is 0 Å². The van der Waals surface area contributed by atoms with Gasteiger partial charge in [-0.05, 0) is 37.8 Å². The van der Waals surface area contributed by atoms with E-state index in [0.29, 0.717) is 5.96 Å². The number of aromatic nitrogens is 1. The molecular weight excluding hydrogens is 308 g/mol. The Labute approximate surface area is 141 Å². The lowest BCUT2D eigenvalue weighted by atomic mass is 9.92. The van der Waals surface area contributed by atoms with Gasteiger partial charge >= 0.3 is 5.97 Å². The van der Waals surface area contributed by atoms with Gasteiger partial charge in [0.1, 0.15) is 6.04 Å². The standard InChI is InChI=1S/C17H22N4O3/c1-2-24-16(23)13-14(12-7-6-8-18-11-12)19-17(20-15(13)22)21-9-4-3-5-10-21/h6-8,11,13-14H,2-5,9-10H2,1H3,(H,19,20,22)/t13-,14+/m0/s1. The molecule has 2 aliphatic heterocycles. The molecule has 1 amide bonds. The van der Waals surface area contributed by atoms with Crippen LogP contribution in [0.3, 0.4) is 0 Å². The lowest BCUT2D eigenvalue weighted by Crippen LogP contribution is -2.53. The van der Waals surface area contributed by atoms with Gasteiger partial charge in [-0.1, -0.05) is 6.07 Å². The first-order valence-corrected chi connectivity index (χ1v) is 8.41. The molecule has 2 atom stereocenters. The van der Waals surface area contributed by atoms with Gasteiger partial charge in [0.25, 0.3) is 0 Å². The van der Waals surface area contributed by atoms with E-state index >= 15 is 0 Å². The van der Waals surface area contributed by atoms with Crippen LogP contribution in [-0.4, -0.2) is 47.4 Å². The van der Waals surface area contributed by atoms with Crippen LogP contribution in [0.5, 0.6) is 0 Å². The quantitative estimate of drug-likeness (QED) is 0.666. The Balaban J connectivity index is 1.94.